The van der Waals surface area contributed by atoms with Gasteiger partial charge in [-0.3, -0.25) is 0 Å². The van der Waals surface area contributed by atoms with Gasteiger partial charge in [-0.1, -0.05) is 0 Å². The number of nitrogens with one attached hydrogen (secondary N) is 1. The number of aliphatic carboxylic acids is 1. The van der Waals surface area contributed by atoms with Gasteiger partial charge in [0.2, 0.25) is 0 Å². The van der Waals surface area contributed by atoms with Crippen LogP contribution in [-0.4, -0.2) is 16.6 Å². The Balaban J connectivity index is 1.78. The second kappa shape index (κ2) is 2.00. The Kier molecular flexibility index (Phi) is 1.22. The van der Waals surface area contributed by atoms with Crippen molar-refractivity contribution in [3.63, 3.8) is 0 Å². The summed E-state index contributed by atoms with van der Waals surface area (Å²) in [6, 6.07) is 0. The van der Waals surface area contributed by atoms with Crippen molar-refractivity contribution in [1.29, 1.82) is 0 Å². The largest absolute Gasteiger partial charge is 0.478 e. The number of hydrogen-bond donors (Lipinski definition) is 2. The second-order valence-corrected chi connectivity index (χ2v) is 3.57. The van der Waals surface area contributed by atoms with E-state index in [0.29, 0.717) is 5.54 Å². The minimum Gasteiger partial charge on any atom is -0.478 e. The third kappa shape index (κ3) is 1.00. The van der Waals surface area contributed by atoms with Crippen LogP contribution in [0.1, 0.15) is 19.3 Å². The summed E-state index contributed by atoms with van der Waals surface area (Å²) in [5.41, 5.74) is 0.302. The standard InChI is InChI=1S/C8H11NO2/c10-7(11)1-2-9-8-3-6(4-8)5-8/h1-2,6,9H,3-5H2,(H,10,11)/b2-1+. The number of carboxylic acid groups (broad SMARTS) is 1. The molecule has 0 saturated heterocycles. The van der Waals surface area contributed by atoms with Crippen molar-refractivity contribution in [3.05, 3.63) is 12.3 Å². The molecule has 3 rings (SSSR count). The molecule has 2 bridgehead atoms. The van der Waals surface area contributed by atoms with Gasteiger partial charge in [-0.05, 0) is 25.2 Å². The summed E-state index contributed by atoms with van der Waals surface area (Å²) in [6.07, 6.45) is 6.41. The average molecular weight is 153 g/mol. The zero-order chi connectivity index (χ0) is 7.90. The molecule has 3 heteroatoms. The van der Waals surface area contributed by atoms with Crippen LogP contribution in [0, 0.1) is 5.92 Å². The Bertz CT molecular complexity index is 205. The van der Waals surface area contributed by atoms with Gasteiger partial charge in [0.05, 0.1) is 0 Å². The molecule has 3 fully saturated rings. The minimum absolute atomic E-state index is 0.302. The predicted octanol–water partition coefficient (Wildman–Crippen LogP) is 0.727. The summed E-state index contributed by atoms with van der Waals surface area (Å²) in [7, 11) is 0. The first-order chi connectivity index (χ1) is 5.20. The van der Waals surface area contributed by atoms with Gasteiger partial charge >= 0.3 is 5.97 Å². The van der Waals surface area contributed by atoms with E-state index in [4.69, 9.17) is 5.11 Å². The van der Waals surface area contributed by atoms with E-state index >= 15 is 0 Å². The van der Waals surface area contributed by atoms with Crippen molar-refractivity contribution >= 4 is 5.97 Å². The molecule has 0 aromatic carbocycles. The molecule has 3 aliphatic carbocycles. The van der Waals surface area contributed by atoms with Gasteiger partial charge in [0.1, 0.15) is 0 Å². The zero-order valence-electron chi connectivity index (χ0n) is 6.21. The van der Waals surface area contributed by atoms with Gasteiger partial charge in [0.25, 0.3) is 0 Å². The molecule has 0 unspecified atom stereocenters. The van der Waals surface area contributed by atoms with Crippen LogP contribution in [0.3, 0.4) is 0 Å². The third-order valence-electron chi connectivity index (χ3n) is 2.65. The van der Waals surface area contributed by atoms with Gasteiger partial charge in [-0.2, -0.15) is 0 Å². The van der Waals surface area contributed by atoms with Crippen LogP contribution in [0.5, 0.6) is 0 Å². The molecule has 3 nitrogen and oxygen atoms in total. The Morgan fingerprint density at radius 1 is 1.55 bits per heavy atom. The van der Waals surface area contributed by atoms with Crippen LogP contribution in [0.15, 0.2) is 12.3 Å². The molecule has 60 valence electrons. The maximum atomic E-state index is 10.1. The molecule has 0 spiro atoms. The molecular weight excluding hydrogens is 142 g/mol. The molecule has 0 aromatic heterocycles. The Morgan fingerprint density at radius 2 is 2.18 bits per heavy atom. The third-order valence-corrected chi connectivity index (χ3v) is 2.65. The average Bonchev–Trinajstić information content (AvgIpc) is 1.71. The van der Waals surface area contributed by atoms with Crippen LogP contribution in [0.25, 0.3) is 0 Å². The van der Waals surface area contributed by atoms with Crippen molar-refractivity contribution in [2.24, 2.45) is 5.92 Å². The van der Waals surface area contributed by atoms with Gasteiger partial charge in [-0.15, -0.1) is 0 Å². The monoisotopic (exact) mass is 153 g/mol. The molecule has 3 saturated carbocycles. The van der Waals surface area contributed by atoms with E-state index in [2.05, 4.69) is 5.32 Å². The molecule has 3 aliphatic rings. The van der Waals surface area contributed by atoms with E-state index in [0.717, 1.165) is 12.0 Å². The highest BCUT2D eigenvalue weighted by molar-refractivity contribution is 5.79. The molecule has 0 aromatic rings. The zero-order valence-corrected chi connectivity index (χ0v) is 6.21. The van der Waals surface area contributed by atoms with Crippen LogP contribution < -0.4 is 5.32 Å². The molecule has 0 atom stereocenters. The number of hydrogen-bond acceptors (Lipinski definition) is 2. The lowest BCUT2D eigenvalue weighted by Crippen LogP contribution is -2.65. The molecule has 0 radical (unpaired) electrons. The van der Waals surface area contributed by atoms with E-state index in [1.54, 1.807) is 6.20 Å². The number of carboxylic acids is 1. The molecule has 0 amide bonds. The first kappa shape index (κ1) is 6.70. The first-order valence-corrected chi connectivity index (χ1v) is 3.87. The fourth-order valence-electron chi connectivity index (χ4n) is 1.94. The van der Waals surface area contributed by atoms with Gasteiger partial charge < -0.3 is 10.4 Å². The highest BCUT2D eigenvalue weighted by atomic mass is 16.4. The molecule has 0 aliphatic heterocycles. The number of rotatable bonds is 3. The summed E-state index contributed by atoms with van der Waals surface area (Å²) in [4.78, 5) is 10.1. The van der Waals surface area contributed by atoms with Crippen molar-refractivity contribution in [3.8, 4) is 0 Å². The normalized spacial score (nSPS) is 39.5. The Hall–Kier alpha value is -0.990. The van der Waals surface area contributed by atoms with Crippen molar-refractivity contribution < 1.29 is 9.90 Å². The Morgan fingerprint density at radius 3 is 2.55 bits per heavy atom. The predicted molar refractivity (Wildman–Crippen MR) is 40.0 cm³/mol. The van der Waals surface area contributed by atoms with Crippen LogP contribution >= 0.6 is 0 Å². The lowest BCUT2D eigenvalue weighted by atomic mass is 9.50. The SMILES string of the molecule is O=C(O)/C=C/NC12CC(C1)C2. The summed E-state index contributed by atoms with van der Waals surface area (Å²) in [5, 5.41) is 11.4. The molecule has 2 N–H and O–H groups in total. The maximum absolute atomic E-state index is 10.1. The van der Waals surface area contributed by atoms with E-state index in [1.807, 2.05) is 0 Å². The van der Waals surface area contributed by atoms with E-state index in [1.165, 1.54) is 19.3 Å². The topological polar surface area (TPSA) is 49.3 Å². The summed E-state index contributed by atoms with van der Waals surface area (Å²) in [6.45, 7) is 0. The lowest BCUT2D eigenvalue weighted by Gasteiger charge is -2.61. The fourth-order valence-corrected chi connectivity index (χ4v) is 1.94. The quantitative estimate of drug-likeness (QED) is 0.587. The lowest BCUT2D eigenvalue weighted by molar-refractivity contribution is -0.131. The minimum atomic E-state index is -0.885. The Labute approximate surface area is 65.1 Å². The summed E-state index contributed by atoms with van der Waals surface area (Å²) >= 11 is 0. The molecule has 11 heavy (non-hydrogen) atoms. The highest BCUT2D eigenvalue weighted by Gasteiger charge is 2.55. The van der Waals surface area contributed by atoms with E-state index in [-0.39, 0.29) is 0 Å². The second-order valence-electron chi connectivity index (χ2n) is 3.57. The van der Waals surface area contributed by atoms with Crippen LogP contribution in [0.2, 0.25) is 0 Å². The van der Waals surface area contributed by atoms with E-state index in [9.17, 15) is 4.79 Å². The molecular formula is C8H11NO2. The number of carbonyl (C=O) groups is 1. The van der Waals surface area contributed by atoms with Gasteiger partial charge in [0, 0.05) is 17.8 Å². The summed E-state index contributed by atoms with van der Waals surface area (Å²) < 4.78 is 0. The highest BCUT2D eigenvalue weighted by Crippen LogP contribution is 2.56. The first-order valence-electron chi connectivity index (χ1n) is 3.87. The smallest absolute Gasteiger partial charge is 0.329 e. The maximum Gasteiger partial charge on any atom is 0.329 e. The fraction of sp³-hybridized carbons (Fsp3) is 0.625. The van der Waals surface area contributed by atoms with Gasteiger partial charge in [0.15, 0.2) is 0 Å². The van der Waals surface area contributed by atoms with Gasteiger partial charge in [-0.25, -0.2) is 4.79 Å². The molecule has 0 heterocycles. The van der Waals surface area contributed by atoms with Crippen molar-refractivity contribution in [2.45, 2.75) is 24.8 Å². The van der Waals surface area contributed by atoms with Crippen LogP contribution in [-0.2, 0) is 4.79 Å². The summed E-state index contributed by atoms with van der Waals surface area (Å²) in [5.74, 6) is 0.0461. The van der Waals surface area contributed by atoms with E-state index < -0.39 is 5.97 Å². The van der Waals surface area contributed by atoms with Crippen molar-refractivity contribution in [1.82, 2.24) is 5.32 Å². The van der Waals surface area contributed by atoms with Crippen LogP contribution in [0.4, 0.5) is 0 Å². The van der Waals surface area contributed by atoms with Crippen molar-refractivity contribution in [2.75, 3.05) is 0 Å².